The quantitative estimate of drug-likeness (QED) is 0.658. The second-order valence-corrected chi connectivity index (χ2v) is 6.37. The topological polar surface area (TPSA) is 64.0 Å². The Labute approximate surface area is 153 Å². The average Bonchev–Trinajstić information content (AvgIpc) is 3.01. The number of fused-ring (bicyclic) bond motifs is 1. The molecule has 2 aromatic carbocycles. The molecule has 0 spiro atoms. The van der Waals surface area contributed by atoms with Gasteiger partial charge in [0.2, 0.25) is 5.91 Å². The Morgan fingerprint density at radius 3 is 2.50 bits per heavy atom. The number of imidazole rings is 1. The second kappa shape index (κ2) is 7.95. The molecule has 5 heteroatoms. The highest BCUT2D eigenvalue weighted by atomic mass is 16.1. The molecule has 1 aromatic heterocycles. The zero-order valence-corrected chi connectivity index (χ0v) is 15.1. The maximum absolute atomic E-state index is 12.7. The maximum atomic E-state index is 12.7. The van der Waals surface area contributed by atoms with Gasteiger partial charge in [0.1, 0.15) is 5.82 Å². The molecular formula is C21H23N3O2. The first-order valence-corrected chi connectivity index (χ1v) is 8.93. The van der Waals surface area contributed by atoms with Gasteiger partial charge in [0.25, 0.3) is 0 Å². The van der Waals surface area contributed by atoms with Gasteiger partial charge in [-0.15, -0.1) is 0 Å². The van der Waals surface area contributed by atoms with Gasteiger partial charge < -0.3 is 9.88 Å². The van der Waals surface area contributed by atoms with E-state index >= 15 is 0 Å². The first-order chi connectivity index (χ1) is 12.6. The summed E-state index contributed by atoms with van der Waals surface area (Å²) in [6.45, 7) is 4.06. The van der Waals surface area contributed by atoms with Crippen molar-refractivity contribution in [1.82, 2.24) is 14.9 Å². The van der Waals surface area contributed by atoms with Gasteiger partial charge in [-0.2, -0.15) is 0 Å². The number of para-hydroxylation sites is 2. The Morgan fingerprint density at radius 1 is 1.08 bits per heavy atom. The third kappa shape index (κ3) is 3.82. The minimum Gasteiger partial charge on any atom is -0.346 e. The number of hydrogen-bond donors (Lipinski definition) is 1. The number of Topliss-reactive ketones (excluding diaryl/α,β-unsaturated/α-hetero) is 1. The van der Waals surface area contributed by atoms with E-state index in [-0.39, 0.29) is 24.3 Å². The van der Waals surface area contributed by atoms with E-state index in [1.165, 1.54) is 0 Å². The predicted molar refractivity (Wildman–Crippen MR) is 102 cm³/mol. The summed E-state index contributed by atoms with van der Waals surface area (Å²) in [5.41, 5.74) is 2.38. The summed E-state index contributed by atoms with van der Waals surface area (Å²) in [4.78, 5) is 29.4. The van der Waals surface area contributed by atoms with Crippen LogP contribution in [0.15, 0.2) is 54.6 Å². The van der Waals surface area contributed by atoms with Crippen LogP contribution in [0.5, 0.6) is 0 Å². The molecule has 0 fully saturated rings. The van der Waals surface area contributed by atoms with Gasteiger partial charge in [-0.25, -0.2) is 4.98 Å². The van der Waals surface area contributed by atoms with E-state index < -0.39 is 0 Å². The van der Waals surface area contributed by atoms with Crippen molar-refractivity contribution in [3.05, 3.63) is 66.0 Å². The van der Waals surface area contributed by atoms with E-state index in [1.807, 2.05) is 73.0 Å². The van der Waals surface area contributed by atoms with E-state index in [2.05, 4.69) is 10.3 Å². The fourth-order valence-corrected chi connectivity index (χ4v) is 3.06. The van der Waals surface area contributed by atoms with Gasteiger partial charge in [0, 0.05) is 12.0 Å². The monoisotopic (exact) mass is 349 g/mol. The highest BCUT2D eigenvalue weighted by molar-refractivity contribution is 5.96. The lowest BCUT2D eigenvalue weighted by Crippen LogP contribution is -2.29. The van der Waals surface area contributed by atoms with Gasteiger partial charge in [0.15, 0.2) is 5.78 Å². The molecule has 3 aromatic rings. The number of ketones is 1. The van der Waals surface area contributed by atoms with Crippen molar-refractivity contribution < 1.29 is 9.59 Å². The predicted octanol–water partition coefficient (Wildman–Crippen LogP) is 3.90. The Balaban J connectivity index is 1.94. The average molecular weight is 349 g/mol. The molecule has 0 saturated carbocycles. The zero-order valence-electron chi connectivity index (χ0n) is 15.1. The SMILES string of the molecule is CCCC(=O)NC(C)c1nc2ccccc2n1CC(=O)c1ccccc1. The number of amides is 1. The summed E-state index contributed by atoms with van der Waals surface area (Å²) in [6.07, 6.45) is 1.27. The van der Waals surface area contributed by atoms with Crippen LogP contribution in [0.4, 0.5) is 0 Å². The smallest absolute Gasteiger partial charge is 0.220 e. The number of aromatic nitrogens is 2. The summed E-state index contributed by atoms with van der Waals surface area (Å²) in [5.74, 6) is 0.704. The maximum Gasteiger partial charge on any atom is 0.220 e. The van der Waals surface area contributed by atoms with Crippen molar-refractivity contribution in [3.8, 4) is 0 Å². The van der Waals surface area contributed by atoms with E-state index in [4.69, 9.17) is 0 Å². The molecule has 1 amide bonds. The number of carbonyl (C=O) groups excluding carboxylic acids is 2. The minimum atomic E-state index is -0.273. The Hall–Kier alpha value is -2.95. The third-order valence-electron chi connectivity index (χ3n) is 4.32. The molecule has 1 atom stereocenters. The largest absolute Gasteiger partial charge is 0.346 e. The Kier molecular flexibility index (Phi) is 5.46. The van der Waals surface area contributed by atoms with Gasteiger partial charge in [-0.05, 0) is 25.5 Å². The fraction of sp³-hybridized carbons (Fsp3) is 0.286. The molecule has 5 nitrogen and oxygen atoms in total. The first kappa shape index (κ1) is 17.9. The van der Waals surface area contributed by atoms with Crippen LogP contribution in [0.2, 0.25) is 0 Å². The molecule has 0 bridgehead atoms. The molecule has 1 unspecified atom stereocenters. The van der Waals surface area contributed by atoms with Gasteiger partial charge in [0.05, 0.1) is 23.6 Å². The number of nitrogens with zero attached hydrogens (tertiary/aromatic N) is 2. The van der Waals surface area contributed by atoms with Gasteiger partial charge in [-0.1, -0.05) is 49.4 Å². The number of rotatable bonds is 7. The number of hydrogen-bond acceptors (Lipinski definition) is 3. The molecular weight excluding hydrogens is 326 g/mol. The number of benzene rings is 2. The first-order valence-electron chi connectivity index (χ1n) is 8.93. The van der Waals surface area contributed by atoms with Crippen LogP contribution >= 0.6 is 0 Å². The van der Waals surface area contributed by atoms with Crippen molar-refractivity contribution in [3.63, 3.8) is 0 Å². The molecule has 0 saturated heterocycles. The molecule has 26 heavy (non-hydrogen) atoms. The van der Waals surface area contributed by atoms with E-state index in [0.29, 0.717) is 17.8 Å². The van der Waals surface area contributed by atoms with Crippen LogP contribution in [0.1, 0.15) is 48.9 Å². The number of carbonyl (C=O) groups is 2. The fourth-order valence-electron chi connectivity index (χ4n) is 3.06. The molecule has 3 rings (SSSR count). The lowest BCUT2D eigenvalue weighted by Gasteiger charge is -2.16. The summed E-state index contributed by atoms with van der Waals surface area (Å²) in [6, 6.07) is 16.7. The molecule has 0 aliphatic heterocycles. The summed E-state index contributed by atoms with van der Waals surface area (Å²) < 4.78 is 1.90. The molecule has 0 aliphatic carbocycles. The summed E-state index contributed by atoms with van der Waals surface area (Å²) in [5, 5.41) is 2.98. The van der Waals surface area contributed by atoms with Crippen LogP contribution in [0.25, 0.3) is 11.0 Å². The molecule has 134 valence electrons. The van der Waals surface area contributed by atoms with Crippen molar-refractivity contribution >= 4 is 22.7 Å². The normalized spacial score (nSPS) is 12.1. The molecule has 0 aliphatic rings. The van der Waals surface area contributed by atoms with Crippen LogP contribution in [0.3, 0.4) is 0 Å². The number of nitrogens with one attached hydrogen (secondary N) is 1. The van der Waals surface area contributed by atoms with Gasteiger partial charge >= 0.3 is 0 Å². The van der Waals surface area contributed by atoms with E-state index in [0.717, 1.165) is 17.5 Å². The second-order valence-electron chi connectivity index (χ2n) is 6.37. The minimum absolute atomic E-state index is 0.00649. The molecule has 0 radical (unpaired) electrons. The van der Waals surface area contributed by atoms with Crippen molar-refractivity contribution in [1.29, 1.82) is 0 Å². The van der Waals surface area contributed by atoms with Gasteiger partial charge in [-0.3, -0.25) is 9.59 Å². The highest BCUT2D eigenvalue weighted by Crippen LogP contribution is 2.21. The zero-order chi connectivity index (χ0) is 18.5. The van der Waals surface area contributed by atoms with Crippen LogP contribution in [-0.4, -0.2) is 21.2 Å². The van der Waals surface area contributed by atoms with E-state index in [1.54, 1.807) is 0 Å². The lowest BCUT2D eigenvalue weighted by molar-refractivity contribution is -0.121. The summed E-state index contributed by atoms with van der Waals surface area (Å²) >= 11 is 0. The van der Waals surface area contributed by atoms with E-state index in [9.17, 15) is 9.59 Å². The third-order valence-corrected chi connectivity index (χ3v) is 4.32. The Morgan fingerprint density at radius 2 is 1.77 bits per heavy atom. The van der Waals surface area contributed by atoms with Crippen LogP contribution < -0.4 is 5.32 Å². The standard InChI is InChI=1S/C21H23N3O2/c1-3-9-20(26)22-15(2)21-23-17-12-7-8-13-18(17)24(21)14-19(25)16-10-5-4-6-11-16/h4-8,10-13,15H,3,9,14H2,1-2H3,(H,22,26). The summed E-state index contributed by atoms with van der Waals surface area (Å²) in [7, 11) is 0. The van der Waals surface area contributed by atoms with Crippen LogP contribution in [-0.2, 0) is 11.3 Å². The van der Waals surface area contributed by atoms with Crippen molar-refractivity contribution in [2.75, 3.05) is 0 Å². The molecule has 1 N–H and O–H groups in total. The lowest BCUT2D eigenvalue weighted by atomic mass is 10.1. The highest BCUT2D eigenvalue weighted by Gasteiger charge is 2.20. The molecule has 1 heterocycles. The van der Waals surface area contributed by atoms with Crippen LogP contribution in [0, 0.1) is 0 Å². The van der Waals surface area contributed by atoms with Crippen molar-refractivity contribution in [2.45, 2.75) is 39.3 Å². The Bertz CT molecular complexity index is 915. The van der Waals surface area contributed by atoms with Crippen molar-refractivity contribution in [2.24, 2.45) is 0 Å².